The van der Waals surface area contributed by atoms with Crippen LogP contribution in [0.4, 0.5) is 0 Å². The molecule has 0 amide bonds. The number of fused-ring (bicyclic) bond motifs is 9. The first kappa shape index (κ1) is 27.2. The zero-order valence-corrected chi connectivity index (χ0v) is 27.6. The van der Waals surface area contributed by atoms with Crippen LogP contribution in [0.2, 0.25) is 0 Å². The Morgan fingerprint density at radius 2 is 0.863 bits per heavy atom. The minimum Gasteiger partial charge on any atom is -0.455 e. The van der Waals surface area contributed by atoms with Gasteiger partial charge in [-0.1, -0.05) is 140 Å². The summed E-state index contributed by atoms with van der Waals surface area (Å²) in [5.74, 6) is 0. The number of rotatable bonds is 2. The van der Waals surface area contributed by atoms with Gasteiger partial charge in [0.15, 0.2) is 0 Å². The highest BCUT2D eigenvalue weighted by atomic mass is 16.3. The largest absolute Gasteiger partial charge is 0.455 e. The molecule has 0 N–H and O–H groups in total. The molecule has 1 aromatic heterocycles. The average molecular weight is 645 g/mol. The first-order valence-corrected chi connectivity index (χ1v) is 17.7. The molecule has 12 rings (SSSR count). The van der Waals surface area contributed by atoms with E-state index in [4.69, 9.17) is 4.42 Å². The molecule has 11 aromatic carbocycles. The Morgan fingerprint density at radius 3 is 1.67 bits per heavy atom. The van der Waals surface area contributed by atoms with E-state index < -0.39 is 0 Å². The molecule has 0 aliphatic carbocycles. The predicted molar refractivity (Wildman–Crippen MR) is 218 cm³/mol. The fourth-order valence-corrected chi connectivity index (χ4v) is 9.00. The second-order valence-corrected chi connectivity index (χ2v) is 14.0. The van der Waals surface area contributed by atoms with Gasteiger partial charge in [-0.15, -0.1) is 0 Å². The van der Waals surface area contributed by atoms with Crippen molar-refractivity contribution in [3.05, 3.63) is 170 Å². The van der Waals surface area contributed by atoms with E-state index >= 15 is 0 Å². The van der Waals surface area contributed by atoms with Crippen LogP contribution in [0.1, 0.15) is 0 Å². The van der Waals surface area contributed by atoms with Crippen molar-refractivity contribution in [2.45, 2.75) is 0 Å². The lowest BCUT2D eigenvalue weighted by molar-refractivity contribution is 0.670. The predicted octanol–water partition coefficient (Wildman–Crippen LogP) is 14.4. The Bertz CT molecular complexity index is 3380. The monoisotopic (exact) mass is 644 g/mol. The molecule has 0 bridgehead atoms. The third-order valence-electron chi connectivity index (χ3n) is 11.3. The van der Waals surface area contributed by atoms with Crippen LogP contribution in [-0.4, -0.2) is 0 Å². The van der Waals surface area contributed by atoms with E-state index in [1.807, 2.05) is 0 Å². The zero-order valence-electron chi connectivity index (χ0n) is 27.6. The quantitative estimate of drug-likeness (QED) is 0.171. The summed E-state index contributed by atoms with van der Waals surface area (Å²) in [4.78, 5) is 0. The summed E-state index contributed by atoms with van der Waals surface area (Å²) in [6.07, 6.45) is 0. The maximum Gasteiger partial charge on any atom is 0.143 e. The smallest absolute Gasteiger partial charge is 0.143 e. The van der Waals surface area contributed by atoms with E-state index in [1.165, 1.54) is 92.1 Å². The number of hydrogen-bond acceptors (Lipinski definition) is 1. The molecule has 1 heteroatoms. The number of benzene rings is 11. The zero-order chi connectivity index (χ0) is 33.2. The molecule has 0 aliphatic rings. The van der Waals surface area contributed by atoms with Crippen molar-refractivity contribution >= 4 is 97.3 Å². The summed E-state index contributed by atoms with van der Waals surface area (Å²) in [7, 11) is 0. The molecule has 0 spiro atoms. The lowest BCUT2D eigenvalue weighted by Gasteiger charge is -2.17. The summed E-state index contributed by atoms with van der Waals surface area (Å²) < 4.78 is 6.94. The molecule has 0 atom stereocenters. The van der Waals surface area contributed by atoms with Crippen molar-refractivity contribution < 1.29 is 4.42 Å². The van der Waals surface area contributed by atoms with Crippen molar-refractivity contribution in [3.63, 3.8) is 0 Å². The Labute approximate surface area is 292 Å². The number of hydrogen-bond donors (Lipinski definition) is 0. The van der Waals surface area contributed by atoms with Gasteiger partial charge < -0.3 is 4.42 Å². The molecule has 0 radical (unpaired) electrons. The molecule has 0 aliphatic heterocycles. The highest BCUT2D eigenvalue weighted by Gasteiger charge is 2.21. The fourth-order valence-electron chi connectivity index (χ4n) is 9.00. The van der Waals surface area contributed by atoms with Crippen LogP contribution in [0.25, 0.3) is 120 Å². The standard InChI is InChI=1S/C50H28O/c1-2-10-34-28-46-43(24-33(34)9-1)45-27-36(42-25-35-11-4-6-15-38(35)49-37-14-5-3-8-29(37)18-22-41(42)49)26-44(50(45)51-46)39-21-19-32-17-16-30-12-7-13-31-20-23-40(39)48(32)47(30)31/h1-28H. The van der Waals surface area contributed by atoms with Crippen LogP contribution in [0.15, 0.2) is 174 Å². The topological polar surface area (TPSA) is 13.1 Å². The van der Waals surface area contributed by atoms with Gasteiger partial charge in [0, 0.05) is 16.3 Å². The summed E-state index contributed by atoms with van der Waals surface area (Å²) in [6, 6.07) is 62.7. The minimum atomic E-state index is 0.911. The summed E-state index contributed by atoms with van der Waals surface area (Å²) in [6.45, 7) is 0. The summed E-state index contributed by atoms with van der Waals surface area (Å²) >= 11 is 0. The maximum atomic E-state index is 6.94. The minimum absolute atomic E-state index is 0.911. The third-order valence-corrected chi connectivity index (χ3v) is 11.3. The molecule has 0 saturated heterocycles. The molecule has 51 heavy (non-hydrogen) atoms. The molecule has 234 valence electrons. The van der Waals surface area contributed by atoms with Crippen LogP contribution in [0, 0.1) is 0 Å². The Morgan fingerprint density at radius 1 is 0.275 bits per heavy atom. The normalized spacial score (nSPS) is 12.3. The second kappa shape index (κ2) is 9.94. The van der Waals surface area contributed by atoms with Crippen molar-refractivity contribution in [1.82, 2.24) is 0 Å². The van der Waals surface area contributed by atoms with Crippen LogP contribution >= 0.6 is 0 Å². The van der Waals surface area contributed by atoms with Crippen molar-refractivity contribution in [3.8, 4) is 22.3 Å². The lowest BCUT2D eigenvalue weighted by atomic mass is 9.86. The van der Waals surface area contributed by atoms with Gasteiger partial charge >= 0.3 is 0 Å². The van der Waals surface area contributed by atoms with E-state index in [2.05, 4.69) is 170 Å². The SMILES string of the molecule is c1ccc2cc3c(cc2c1)oc1c(-c2ccc4ccc5cccc6ccc2c4c56)cc(-c2cc4ccccc4c4c2ccc2ccccc24)cc13. The van der Waals surface area contributed by atoms with Gasteiger partial charge in [0.2, 0.25) is 0 Å². The Balaban J connectivity index is 1.25. The van der Waals surface area contributed by atoms with Crippen LogP contribution in [0.3, 0.4) is 0 Å². The highest BCUT2D eigenvalue weighted by Crippen LogP contribution is 2.47. The molecule has 0 fully saturated rings. The molecule has 1 nitrogen and oxygen atoms in total. The molecule has 0 saturated carbocycles. The molecular formula is C50H28O. The van der Waals surface area contributed by atoms with Crippen LogP contribution < -0.4 is 0 Å². The van der Waals surface area contributed by atoms with Gasteiger partial charge in [-0.05, 0) is 122 Å². The van der Waals surface area contributed by atoms with Gasteiger partial charge in [-0.25, -0.2) is 0 Å². The Hall–Kier alpha value is -6.70. The van der Waals surface area contributed by atoms with E-state index in [0.29, 0.717) is 0 Å². The Kier molecular flexibility index (Phi) is 5.29. The average Bonchev–Trinajstić information content (AvgIpc) is 3.55. The van der Waals surface area contributed by atoms with Crippen LogP contribution in [0.5, 0.6) is 0 Å². The van der Waals surface area contributed by atoms with E-state index in [1.54, 1.807) is 0 Å². The second-order valence-electron chi connectivity index (χ2n) is 14.0. The van der Waals surface area contributed by atoms with Crippen molar-refractivity contribution in [2.75, 3.05) is 0 Å². The van der Waals surface area contributed by atoms with Gasteiger partial charge in [0.05, 0.1) is 0 Å². The van der Waals surface area contributed by atoms with E-state index in [9.17, 15) is 0 Å². The molecule has 1 heterocycles. The lowest BCUT2D eigenvalue weighted by Crippen LogP contribution is -1.90. The number of furan rings is 1. The van der Waals surface area contributed by atoms with E-state index in [-0.39, 0.29) is 0 Å². The van der Waals surface area contributed by atoms with Gasteiger partial charge in [-0.3, -0.25) is 0 Å². The highest BCUT2D eigenvalue weighted by molar-refractivity contribution is 6.28. The van der Waals surface area contributed by atoms with Crippen LogP contribution in [-0.2, 0) is 0 Å². The third kappa shape index (κ3) is 3.75. The van der Waals surface area contributed by atoms with Gasteiger partial charge in [0.25, 0.3) is 0 Å². The molecule has 12 aromatic rings. The van der Waals surface area contributed by atoms with E-state index in [0.717, 1.165) is 27.5 Å². The molecule has 0 unspecified atom stereocenters. The summed E-state index contributed by atoms with van der Waals surface area (Å²) in [5, 5.41) is 20.0. The van der Waals surface area contributed by atoms with Crippen molar-refractivity contribution in [2.24, 2.45) is 0 Å². The fraction of sp³-hybridized carbons (Fsp3) is 0. The first-order chi connectivity index (χ1) is 25.3. The first-order valence-electron chi connectivity index (χ1n) is 17.7. The van der Waals surface area contributed by atoms with Crippen molar-refractivity contribution in [1.29, 1.82) is 0 Å². The maximum absolute atomic E-state index is 6.94. The summed E-state index contributed by atoms with van der Waals surface area (Å²) in [5.41, 5.74) is 6.55. The van der Waals surface area contributed by atoms with Gasteiger partial charge in [0.1, 0.15) is 11.2 Å². The molecular weight excluding hydrogens is 617 g/mol. The van der Waals surface area contributed by atoms with Gasteiger partial charge in [-0.2, -0.15) is 0 Å².